The highest BCUT2D eigenvalue weighted by molar-refractivity contribution is 7.89. The largest absolute Gasteiger partial charge is 0.273 e. The van der Waals surface area contributed by atoms with Crippen LogP contribution in [0.4, 0.5) is 0 Å². The third-order valence-corrected chi connectivity index (χ3v) is 6.71. The van der Waals surface area contributed by atoms with E-state index in [4.69, 9.17) is 0 Å². The Morgan fingerprint density at radius 2 is 1.59 bits per heavy atom. The Hall–Kier alpha value is -2.71. The molecule has 156 valence electrons. The third kappa shape index (κ3) is 5.42. The van der Waals surface area contributed by atoms with Crippen LogP contribution in [0.1, 0.15) is 49.0 Å². The Morgan fingerprint density at radius 3 is 2.17 bits per heavy atom. The van der Waals surface area contributed by atoms with E-state index < -0.39 is 21.8 Å². The van der Waals surface area contributed by atoms with Crippen LogP contribution in [0.5, 0.6) is 0 Å². The van der Waals surface area contributed by atoms with Gasteiger partial charge in [0.2, 0.25) is 15.9 Å². The molecule has 2 amide bonds. The lowest BCUT2D eigenvalue weighted by molar-refractivity contribution is -0.123. The number of carbonyl (C=O) groups is 2. The van der Waals surface area contributed by atoms with Gasteiger partial charge in [-0.2, -0.15) is 4.31 Å². The van der Waals surface area contributed by atoms with E-state index in [0.717, 1.165) is 5.56 Å². The zero-order chi connectivity index (χ0) is 21.4. The van der Waals surface area contributed by atoms with Gasteiger partial charge in [-0.25, -0.2) is 8.42 Å². The summed E-state index contributed by atoms with van der Waals surface area (Å²) in [5.41, 5.74) is 5.81. The van der Waals surface area contributed by atoms with Crippen LogP contribution in [0.15, 0.2) is 59.5 Å². The van der Waals surface area contributed by atoms with Crippen molar-refractivity contribution in [3.8, 4) is 0 Å². The number of nitrogens with zero attached hydrogens (tertiary/aromatic N) is 1. The molecular formula is C21H27N3O4S. The molecule has 0 heterocycles. The number of hydrazine groups is 1. The molecule has 0 aliphatic heterocycles. The van der Waals surface area contributed by atoms with Gasteiger partial charge < -0.3 is 0 Å². The maximum absolute atomic E-state index is 12.6. The molecule has 0 saturated heterocycles. The molecule has 0 aliphatic rings. The first kappa shape index (κ1) is 22.6. The van der Waals surface area contributed by atoms with Crippen LogP contribution < -0.4 is 10.9 Å². The van der Waals surface area contributed by atoms with Crippen molar-refractivity contribution in [2.75, 3.05) is 13.1 Å². The van der Waals surface area contributed by atoms with Gasteiger partial charge in [-0.15, -0.1) is 0 Å². The molecule has 2 aromatic rings. The highest BCUT2D eigenvalue weighted by atomic mass is 32.2. The van der Waals surface area contributed by atoms with Crippen LogP contribution in [-0.2, 0) is 14.8 Å². The first-order valence-electron chi connectivity index (χ1n) is 9.60. The zero-order valence-electron chi connectivity index (χ0n) is 16.9. The molecule has 0 aromatic heterocycles. The van der Waals surface area contributed by atoms with Gasteiger partial charge in [0.1, 0.15) is 0 Å². The van der Waals surface area contributed by atoms with Crippen molar-refractivity contribution in [1.29, 1.82) is 0 Å². The fourth-order valence-corrected chi connectivity index (χ4v) is 4.55. The molecule has 0 fully saturated rings. The second kappa shape index (κ2) is 10.2. The summed E-state index contributed by atoms with van der Waals surface area (Å²) in [7, 11) is -3.68. The van der Waals surface area contributed by atoms with Crippen LogP contribution >= 0.6 is 0 Å². The van der Waals surface area contributed by atoms with Crippen molar-refractivity contribution < 1.29 is 18.0 Å². The van der Waals surface area contributed by atoms with Crippen molar-refractivity contribution in [2.24, 2.45) is 0 Å². The molecule has 2 aromatic carbocycles. The normalized spacial score (nSPS) is 12.4. The van der Waals surface area contributed by atoms with Gasteiger partial charge in [0.15, 0.2) is 0 Å². The average Bonchev–Trinajstić information content (AvgIpc) is 2.74. The second-order valence-electron chi connectivity index (χ2n) is 6.43. The topological polar surface area (TPSA) is 95.6 Å². The molecule has 0 saturated carbocycles. The van der Waals surface area contributed by atoms with Gasteiger partial charge >= 0.3 is 0 Å². The summed E-state index contributed by atoms with van der Waals surface area (Å²) in [5.74, 6) is -1.32. The molecule has 0 radical (unpaired) electrons. The molecule has 1 unspecified atom stereocenters. The van der Waals surface area contributed by atoms with Crippen molar-refractivity contribution in [3.05, 3.63) is 65.7 Å². The van der Waals surface area contributed by atoms with Crippen LogP contribution in [-0.4, -0.2) is 37.6 Å². The van der Waals surface area contributed by atoms with Crippen LogP contribution in [0.3, 0.4) is 0 Å². The van der Waals surface area contributed by atoms with Crippen LogP contribution in [0.25, 0.3) is 0 Å². The molecular weight excluding hydrogens is 390 g/mol. The number of hydrogen-bond acceptors (Lipinski definition) is 4. The lowest BCUT2D eigenvalue weighted by Crippen LogP contribution is -2.44. The number of nitrogens with one attached hydrogen (secondary N) is 2. The van der Waals surface area contributed by atoms with Crippen molar-refractivity contribution in [1.82, 2.24) is 15.2 Å². The molecule has 2 rings (SSSR count). The number of carbonyl (C=O) groups excluding carboxylic acids is 2. The zero-order valence-corrected chi connectivity index (χ0v) is 17.7. The van der Waals surface area contributed by atoms with E-state index in [1.54, 1.807) is 13.8 Å². The highest BCUT2D eigenvalue weighted by Gasteiger charge is 2.23. The minimum absolute atomic E-state index is 0.0379. The van der Waals surface area contributed by atoms with Crippen LogP contribution in [0, 0.1) is 0 Å². The van der Waals surface area contributed by atoms with Gasteiger partial charge in [-0.05, 0) is 30.2 Å². The SMILES string of the molecule is CCC(C(=O)NNC(=O)c1cccc(S(=O)(=O)N(CC)CC)c1)c1ccccc1. The van der Waals surface area contributed by atoms with Crippen LogP contribution in [0.2, 0.25) is 0 Å². The van der Waals surface area contributed by atoms with Crippen molar-refractivity contribution in [2.45, 2.75) is 38.0 Å². The number of amides is 2. The molecule has 0 spiro atoms. The first-order valence-corrected chi connectivity index (χ1v) is 11.0. The Kier molecular flexibility index (Phi) is 7.92. The van der Waals surface area contributed by atoms with E-state index in [1.165, 1.54) is 28.6 Å². The van der Waals surface area contributed by atoms with Gasteiger partial charge in [0, 0.05) is 18.7 Å². The van der Waals surface area contributed by atoms with E-state index >= 15 is 0 Å². The molecule has 1 atom stereocenters. The minimum Gasteiger partial charge on any atom is -0.273 e. The molecule has 2 N–H and O–H groups in total. The summed E-state index contributed by atoms with van der Waals surface area (Å²) < 4.78 is 26.6. The van der Waals surface area contributed by atoms with Crippen molar-refractivity contribution >= 4 is 21.8 Å². The van der Waals surface area contributed by atoms with E-state index in [2.05, 4.69) is 10.9 Å². The molecule has 7 nitrogen and oxygen atoms in total. The summed E-state index contributed by atoms with van der Waals surface area (Å²) in [5, 5.41) is 0. The Bertz CT molecular complexity index is 941. The summed E-state index contributed by atoms with van der Waals surface area (Å²) in [6.07, 6.45) is 0.573. The number of hydrogen-bond donors (Lipinski definition) is 2. The standard InChI is InChI=1S/C21H27N3O4S/c1-4-19(16-11-8-7-9-12-16)21(26)23-22-20(25)17-13-10-14-18(15-17)29(27,28)24(5-2)6-3/h7-15,19H,4-6H2,1-3H3,(H,22,25)(H,23,26). The fourth-order valence-electron chi connectivity index (χ4n) is 3.05. The fraction of sp³-hybridized carbons (Fsp3) is 0.333. The predicted octanol–water partition coefficient (Wildman–Crippen LogP) is 2.67. The summed E-state index contributed by atoms with van der Waals surface area (Å²) >= 11 is 0. The number of sulfonamides is 1. The molecule has 8 heteroatoms. The second-order valence-corrected chi connectivity index (χ2v) is 8.37. The summed E-state index contributed by atoms with van der Waals surface area (Å²) in [6.45, 7) is 6.07. The molecule has 0 bridgehead atoms. The predicted molar refractivity (Wildman–Crippen MR) is 112 cm³/mol. The highest BCUT2D eigenvalue weighted by Crippen LogP contribution is 2.19. The van der Waals surface area contributed by atoms with Crippen molar-refractivity contribution in [3.63, 3.8) is 0 Å². The quantitative estimate of drug-likeness (QED) is 0.646. The minimum atomic E-state index is -3.68. The Balaban J connectivity index is 2.11. The number of benzene rings is 2. The van der Waals surface area contributed by atoms with E-state index in [0.29, 0.717) is 19.5 Å². The van der Waals surface area contributed by atoms with Gasteiger partial charge in [-0.3, -0.25) is 20.4 Å². The molecule has 0 aliphatic carbocycles. The van der Waals surface area contributed by atoms with E-state index in [9.17, 15) is 18.0 Å². The summed E-state index contributed by atoms with van der Waals surface area (Å²) in [6, 6.07) is 15.1. The van der Waals surface area contributed by atoms with Gasteiger partial charge in [0.05, 0.1) is 10.8 Å². The third-order valence-electron chi connectivity index (χ3n) is 4.67. The first-order chi connectivity index (χ1) is 13.8. The van der Waals surface area contributed by atoms with Gasteiger partial charge in [-0.1, -0.05) is 57.2 Å². The summed E-state index contributed by atoms with van der Waals surface area (Å²) in [4.78, 5) is 25.0. The Labute approximate surface area is 172 Å². The Morgan fingerprint density at radius 1 is 0.931 bits per heavy atom. The van der Waals surface area contributed by atoms with Gasteiger partial charge in [0.25, 0.3) is 5.91 Å². The molecule has 29 heavy (non-hydrogen) atoms. The van der Waals surface area contributed by atoms with E-state index in [1.807, 2.05) is 37.3 Å². The average molecular weight is 418 g/mol. The monoisotopic (exact) mass is 417 g/mol. The maximum atomic E-state index is 12.6. The maximum Gasteiger partial charge on any atom is 0.269 e. The lowest BCUT2D eigenvalue weighted by Gasteiger charge is -2.19. The lowest BCUT2D eigenvalue weighted by atomic mass is 9.96. The van der Waals surface area contributed by atoms with E-state index in [-0.39, 0.29) is 16.4 Å². The smallest absolute Gasteiger partial charge is 0.269 e. The number of rotatable bonds is 8.